The van der Waals surface area contributed by atoms with Gasteiger partial charge in [-0.3, -0.25) is 4.79 Å². The average molecular weight is 201 g/mol. The molecule has 0 unspecified atom stereocenters. The van der Waals surface area contributed by atoms with Crippen molar-refractivity contribution in [2.24, 2.45) is 4.99 Å². The van der Waals surface area contributed by atoms with E-state index in [-0.39, 0.29) is 11.8 Å². The molecule has 0 aromatic carbocycles. The van der Waals surface area contributed by atoms with Crippen LogP contribution >= 0.6 is 11.6 Å². The number of nitrogens with one attached hydrogen (secondary N) is 1. The lowest BCUT2D eigenvalue weighted by atomic mass is 10.3. The minimum Gasteiger partial charge on any atom is -0.310 e. The maximum atomic E-state index is 10.7. The van der Waals surface area contributed by atoms with Crippen LogP contribution in [0, 0.1) is 0 Å². The number of carbonyl (C=O) groups excluding carboxylic acids is 1. The van der Waals surface area contributed by atoms with Crippen LogP contribution in [0.3, 0.4) is 0 Å². The summed E-state index contributed by atoms with van der Waals surface area (Å²) in [6.45, 7) is 7.34. The highest BCUT2D eigenvalue weighted by atomic mass is 35.5. The number of alkyl halides is 1. The molecule has 13 heavy (non-hydrogen) atoms. The highest BCUT2D eigenvalue weighted by molar-refractivity contribution is 6.27. The van der Waals surface area contributed by atoms with Gasteiger partial charge in [-0.15, -0.1) is 11.6 Å². The molecule has 0 radical (unpaired) electrons. The summed E-state index contributed by atoms with van der Waals surface area (Å²) < 4.78 is 0. The Morgan fingerprint density at radius 2 is 2.31 bits per heavy atom. The molecular weight excluding hydrogens is 188 g/mol. The van der Waals surface area contributed by atoms with Crippen molar-refractivity contribution in [3.63, 3.8) is 0 Å². The average Bonchev–Trinajstić information content (AvgIpc) is 2.13. The van der Waals surface area contributed by atoms with E-state index < -0.39 is 0 Å². The Hall–Kier alpha value is -1.09. The number of allylic oxidation sites excluding steroid dienone is 2. The maximum Gasteiger partial charge on any atom is 0.240 e. The number of aliphatic imine (C=N–C) groups is 1. The molecule has 3 nitrogen and oxygen atoms in total. The molecule has 0 aliphatic heterocycles. The van der Waals surface area contributed by atoms with Crippen LogP contribution in [-0.2, 0) is 4.79 Å². The molecule has 0 aliphatic carbocycles. The maximum absolute atomic E-state index is 10.7. The lowest BCUT2D eigenvalue weighted by Gasteiger charge is -1.99. The van der Waals surface area contributed by atoms with Gasteiger partial charge >= 0.3 is 0 Å². The van der Waals surface area contributed by atoms with E-state index in [1.807, 2.05) is 19.9 Å². The Morgan fingerprint density at radius 1 is 1.69 bits per heavy atom. The Kier molecular flexibility index (Phi) is 5.89. The first kappa shape index (κ1) is 11.9. The molecule has 0 bridgehead atoms. The number of hydrogen-bond donors (Lipinski definition) is 1. The van der Waals surface area contributed by atoms with Gasteiger partial charge in [-0.1, -0.05) is 12.7 Å². The Labute approximate surface area is 83.2 Å². The molecule has 0 saturated heterocycles. The van der Waals surface area contributed by atoms with Crippen LogP contribution in [0.1, 0.15) is 13.8 Å². The lowest BCUT2D eigenvalue weighted by molar-refractivity contribution is -0.117. The Balaban J connectivity index is 4.02. The van der Waals surface area contributed by atoms with E-state index in [0.29, 0.717) is 5.82 Å². The minimum absolute atomic E-state index is 0.0862. The summed E-state index contributed by atoms with van der Waals surface area (Å²) in [6.07, 6.45) is 3.52. The summed E-state index contributed by atoms with van der Waals surface area (Å²) in [5.74, 6) is -0.0919. The molecule has 72 valence electrons. The van der Waals surface area contributed by atoms with Crippen molar-refractivity contribution in [2.45, 2.75) is 13.8 Å². The fourth-order valence-corrected chi connectivity index (χ4v) is 0.548. The number of amides is 1. The van der Waals surface area contributed by atoms with Crippen LogP contribution in [0.15, 0.2) is 29.0 Å². The molecule has 0 aliphatic rings. The van der Waals surface area contributed by atoms with Gasteiger partial charge in [-0.2, -0.15) is 0 Å². The fourth-order valence-electron chi connectivity index (χ4n) is 0.481. The topological polar surface area (TPSA) is 41.5 Å². The van der Waals surface area contributed by atoms with Crippen molar-refractivity contribution in [3.05, 3.63) is 24.0 Å². The Morgan fingerprint density at radius 3 is 2.77 bits per heavy atom. The number of nitrogens with zero attached hydrogens (tertiary/aromatic N) is 1. The molecule has 0 atom stereocenters. The van der Waals surface area contributed by atoms with Crippen LogP contribution in [0.25, 0.3) is 0 Å². The van der Waals surface area contributed by atoms with Gasteiger partial charge < -0.3 is 5.32 Å². The standard InChI is InChI=1S/C9H13ClN2O/c1-4-7(2)6-11-8(3)12-9(13)5-10/h4,6H,3,5H2,1-2H3,(H,12,13)/b7-4-,11-6?. The molecule has 1 amide bonds. The van der Waals surface area contributed by atoms with Crippen LogP contribution in [0.2, 0.25) is 0 Å². The van der Waals surface area contributed by atoms with E-state index in [1.54, 1.807) is 6.21 Å². The second-order valence-electron chi connectivity index (χ2n) is 2.42. The molecular formula is C9H13ClN2O. The van der Waals surface area contributed by atoms with Crippen LogP contribution < -0.4 is 5.32 Å². The highest BCUT2D eigenvalue weighted by Crippen LogP contribution is 1.91. The van der Waals surface area contributed by atoms with Crippen LogP contribution in [0.4, 0.5) is 0 Å². The molecule has 0 heterocycles. The summed E-state index contributed by atoms with van der Waals surface area (Å²) in [7, 11) is 0. The normalized spacial score (nSPS) is 11.8. The van der Waals surface area contributed by atoms with Gasteiger partial charge in [-0.05, 0) is 19.4 Å². The molecule has 1 N–H and O–H groups in total. The SMILES string of the molecule is C=C(N=C/C(C)=C\C)NC(=O)CCl. The van der Waals surface area contributed by atoms with E-state index in [0.717, 1.165) is 5.57 Å². The second-order valence-corrected chi connectivity index (χ2v) is 2.69. The van der Waals surface area contributed by atoms with Crippen molar-refractivity contribution in [2.75, 3.05) is 5.88 Å². The summed E-state index contributed by atoms with van der Waals surface area (Å²) in [6, 6.07) is 0. The van der Waals surface area contributed by atoms with E-state index in [4.69, 9.17) is 11.6 Å². The van der Waals surface area contributed by atoms with Crippen molar-refractivity contribution in [1.29, 1.82) is 0 Å². The number of rotatable bonds is 4. The van der Waals surface area contributed by atoms with Gasteiger partial charge in [0.15, 0.2) is 0 Å². The second kappa shape index (κ2) is 6.43. The molecule has 4 heteroatoms. The van der Waals surface area contributed by atoms with Crippen molar-refractivity contribution >= 4 is 23.7 Å². The van der Waals surface area contributed by atoms with E-state index in [1.165, 1.54) is 0 Å². The largest absolute Gasteiger partial charge is 0.310 e. The zero-order chi connectivity index (χ0) is 10.3. The minimum atomic E-state index is -0.304. The van der Waals surface area contributed by atoms with Crippen LogP contribution in [0.5, 0.6) is 0 Å². The number of halogens is 1. The monoisotopic (exact) mass is 200 g/mol. The molecule has 0 fully saturated rings. The molecule has 0 saturated carbocycles. The molecule has 0 aromatic heterocycles. The summed E-state index contributed by atoms with van der Waals surface area (Å²) >= 11 is 5.27. The first-order valence-corrected chi connectivity index (χ1v) is 4.35. The smallest absolute Gasteiger partial charge is 0.240 e. The van der Waals surface area contributed by atoms with Gasteiger partial charge in [-0.25, -0.2) is 4.99 Å². The van der Waals surface area contributed by atoms with E-state index >= 15 is 0 Å². The van der Waals surface area contributed by atoms with Gasteiger partial charge in [0.25, 0.3) is 0 Å². The zero-order valence-electron chi connectivity index (χ0n) is 7.80. The predicted molar refractivity (Wildman–Crippen MR) is 55.9 cm³/mol. The third-order valence-electron chi connectivity index (χ3n) is 1.28. The summed E-state index contributed by atoms with van der Waals surface area (Å²) in [5, 5.41) is 2.42. The highest BCUT2D eigenvalue weighted by Gasteiger charge is 1.97. The number of carbonyl (C=O) groups is 1. The molecule has 0 rings (SSSR count). The Bertz CT molecular complexity index is 256. The van der Waals surface area contributed by atoms with E-state index in [2.05, 4.69) is 16.9 Å². The lowest BCUT2D eigenvalue weighted by Crippen LogP contribution is -2.22. The van der Waals surface area contributed by atoms with Crippen molar-refractivity contribution in [3.8, 4) is 0 Å². The first-order chi connectivity index (χ1) is 6.10. The molecule has 0 spiro atoms. The summed E-state index contributed by atoms with van der Waals surface area (Å²) in [5.41, 5.74) is 1.00. The quantitative estimate of drug-likeness (QED) is 0.546. The predicted octanol–water partition coefficient (Wildman–Crippen LogP) is 1.85. The zero-order valence-corrected chi connectivity index (χ0v) is 8.56. The van der Waals surface area contributed by atoms with Gasteiger partial charge in [0.2, 0.25) is 5.91 Å². The third kappa shape index (κ3) is 6.11. The molecule has 0 aromatic rings. The fraction of sp³-hybridized carbons (Fsp3) is 0.333. The van der Waals surface area contributed by atoms with Crippen LogP contribution in [-0.4, -0.2) is 18.0 Å². The van der Waals surface area contributed by atoms with Crippen molar-refractivity contribution < 1.29 is 4.79 Å². The van der Waals surface area contributed by atoms with Gasteiger partial charge in [0.1, 0.15) is 11.7 Å². The summed E-state index contributed by atoms with van der Waals surface area (Å²) in [4.78, 5) is 14.6. The number of hydrogen-bond acceptors (Lipinski definition) is 2. The van der Waals surface area contributed by atoms with Crippen molar-refractivity contribution in [1.82, 2.24) is 5.32 Å². The third-order valence-corrected chi connectivity index (χ3v) is 1.53. The van der Waals surface area contributed by atoms with Gasteiger partial charge in [0, 0.05) is 6.21 Å². The van der Waals surface area contributed by atoms with E-state index in [9.17, 15) is 4.79 Å². The first-order valence-electron chi connectivity index (χ1n) is 3.81. The van der Waals surface area contributed by atoms with Gasteiger partial charge in [0.05, 0.1) is 0 Å².